The molecular weight excluding hydrogens is 463 g/mol. The Morgan fingerprint density at radius 3 is 2.36 bits per heavy atom. The van der Waals surface area contributed by atoms with Crippen molar-refractivity contribution in [3.63, 3.8) is 0 Å². The van der Waals surface area contributed by atoms with E-state index in [1.807, 2.05) is 18.4 Å². The molecule has 2 unspecified atom stereocenters. The largest absolute Gasteiger partial charge is 0.356 e. The van der Waals surface area contributed by atoms with Crippen LogP contribution in [-0.2, 0) is 6.42 Å². The zero-order valence-corrected chi connectivity index (χ0v) is 19.3. The summed E-state index contributed by atoms with van der Waals surface area (Å²) in [6.45, 7) is 4.03. The van der Waals surface area contributed by atoms with E-state index in [0.29, 0.717) is 12.0 Å². The molecule has 7 heteroatoms. The number of likely N-dealkylation sites (N-methyl/N-ethyl adjacent to an activating group) is 1. The van der Waals surface area contributed by atoms with Crippen molar-refractivity contribution in [2.75, 3.05) is 34.2 Å². The molecule has 25 heavy (non-hydrogen) atoms. The zero-order chi connectivity index (χ0) is 17.4. The van der Waals surface area contributed by atoms with E-state index in [0.717, 1.165) is 25.5 Å². The average molecular weight is 492 g/mol. The Bertz CT molecular complexity index is 597. The maximum atomic E-state index is 4.35. The number of aliphatic imine (C=N–C) groups is 1. The third-order valence-electron chi connectivity index (χ3n) is 3.93. The van der Waals surface area contributed by atoms with E-state index < -0.39 is 0 Å². The summed E-state index contributed by atoms with van der Waals surface area (Å²) in [5.41, 5.74) is 0. The Hall–Kier alpha value is -0.640. The van der Waals surface area contributed by atoms with Crippen molar-refractivity contribution in [1.82, 2.24) is 15.5 Å². The van der Waals surface area contributed by atoms with Gasteiger partial charge in [-0.05, 0) is 49.3 Å². The second-order valence-electron chi connectivity index (χ2n) is 6.22. The third-order valence-corrected chi connectivity index (χ3v) is 5.80. The van der Waals surface area contributed by atoms with Gasteiger partial charge in [-0.15, -0.1) is 46.7 Å². The Morgan fingerprint density at radius 1 is 1.12 bits per heavy atom. The van der Waals surface area contributed by atoms with Crippen LogP contribution in [0.15, 0.2) is 40.0 Å². The highest BCUT2D eigenvalue weighted by Crippen LogP contribution is 2.22. The fourth-order valence-electron chi connectivity index (χ4n) is 2.55. The Morgan fingerprint density at radius 2 is 1.80 bits per heavy atom. The molecular formula is C18H29IN4S2. The second-order valence-corrected chi connectivity index (χ2v) is 8.23. The van der Waals surface area contributed by atoms with Crippen molar-refractivity contribution in [2.24, 2.45) is 10.9 Å². The lowest BCUT2D eigenvalue weighted by molar-refractivity contribution is 0.302. The van der Waals surface area contributed by atoms with Crippen LogP contribution in [0.3, 0.4) is 0 Å². The highest BCUT2D eigenvalue weighted by molar-refractivity contribution is 14.0. The summed E-state index contributed by atoms with van der Waals surface area (Å²) in [7, 11) is 6.06. The lowest BCUT2D eigenvalue weighted by atomic mass is 10.1. The number of guanidine groups is 1. The SMILES string of the molecule is CN=C(NCC(C)Cc1cccs1)NCC(c1cccs1)N(C)C.I. The minimum Gasteiger partial charge on any atom is -0.356 e. The van der Waals surface area contributed by atoms with Gasteiger partial charge < -0.3 is 15.5 Å². The topological polar surface area (TPSA) is 39.7 Å². The normalized spacial score (nSPS) is 14.0. The molecule has 0 aliphatic heterocycles. The zero-order valence-electron chi connectivity index (χ0n) is 15.4. The van der Waals surface area contributed by atoms with Crippen molar-refractivity contribution in [2.45, 2.75) is 19.4 Å². The Balaban J connectivity index is 0.00000312. The van der Waals surface area contributed by atoms with Crippen LogP contribution >= 0.6 is 46.7 Å². The molecule has 0 fully saturated rings. The van der Waals surface area contributed by atoms with Gasteiger partial charge in [-0.2, -0.15) is 0 Å². The van der Waals surface area contributed by atoms with Crippen LogP contribution in [0.2, 0.25) is 0 Å². The highest BCUT2D eigenvalue weighted by atomic mass is 127. The molecule has 2 aromatic heterocycles. The molecule has 0 spiro atoms. The highest BCUT2D eigenvalue weighted by Gasteiger charge is 2.15. The van der Waals surface area contributed by atoms with Gasteiger partial charge in [-0.3, -0.25) is 4.99 Å². The van der Waals surface area contributed by atoms with E-state index in [-0.39, 0.29) is 24.0 Å². The molecule has 4 nitrogen and oxygen atoms in total. The minimum atomic E-state index is 0. The van der Waals surface area contributed by atoms with Gasteiger partial charge in [0.25, 0.3) is 0 Å². The first kappa shape index (κ1) is 22.4. The molecule has 2 aromatic rings. The minimum absolute atomic E-state index is 0. The van der Waals surface area contributed by atoms with Crippen molar-refractivity contribution in [3.05, 3.63) is 44.8 Å². The van der Waals surface area contributed by atoms with Gasteiger partial charge in [0.15, 0.2) is 5.96 Å². The van der Waals surface area contributed by atoms with Gasteiger partial charge in [-0.1, -0.05) is 19.1 Å². The summed E-state index contributed by atoms with van der Waals surface area (Å²) in [5.74, 6) is 1.44. The fraction of sp³-hybridized carbons (Fsp3) is 0.500. The van der Waals surface area contributed by atoms with Crippen LogP contribution < -0.4 is 10.6 Å². The third kappa shape index (κ3) is 7.64. The quantitative estimate of drug-likeness (QED) is 0.332. The molecule has 2 heterocycles. The number of nitrogens with zero attached hydrogens (tertiary/aromatic N) is 2. The molecule has 0 aliphatic carbocycles. The van der Waals surface area contributed by atoms with Gasteiger partial charge >= 0.3 is 0 Å². The van der Waals surface area contributed by atoms with Gasteiger partial charge in [-0.25, -0.2) is 0 Å². The molecule has 0 aromatic carbocycles. The smallest absolute Gasteiger partial charge is 0.191 e. The van der Waals surface area contributed by atoms with Crippen LogP contribution in [0.25, 0.3) is 0 Å². The van der Waals surface area contributed by atoms with Gasteiger partial charge in [0.1, 0.15) is 0 Å². The van der Waals surface area contributed by atoms with E-state index in [1.165, 1.54) is 9.75 Å². The van der Waals surface area contributed by atoms with Crippen LogP contribution in [0.5, 0.6) is 0 Å². The van der Waals surface area contributed by atoms with E-state index >= 15 is 0 Å². The first-order valence-corrected chi connectivity index (χ1v) is 10.0. The molecule has 0 bridgehead atoms. The Kier molecular flexibility index (Phi) is 10.6. The van der Waals surface area contributed by atoms with Crippen molar-refractivity contribution in [1.29, 1.82) is 0 Å². The number of nitrogens with one attached hydrogen (secondary N) is 2. The fourth-order valence-corrected chi connectivity index (χ4v) is 4.34. The van der Waals surface area contributed by atoms with Crippen LogP contribution in [0, 0.1) is 5.92 Å². The summed E-state index contributed by atoms with van der Waals surface area (Å²) >= 11 is 3.63. The molecule has 2 atom stereocenters. The predicted molar refractivity (Wildman–Crippen MR) is 123 cm³/mol. The Labute approximate surface area is 176 Å². The van der Waals surface area contributed by atoms with Crippen molar-refractivity contribution < 1.29 is 0 Å². The monoisotopic (exact) mass is 492 g/mol. The number of rotatable bonds is 8. The molecule has 0 saturated carbocycles. The molecule has 2 rings (SSSR count). The van der Waals surface area contributed by atoms with E-state index in [4.69, 9.17) is 0 Å². The predicted octanol–water partition coefficient (Wildman–Crippen LogP) is 4.07. The first-order valence-electron chi connectivity index (χ1n) is 8.27. The molecule has 2 N–H and O–H groups in total. The molecule has 0 amide bonds. The average Bonchev–Trinajstić information content (AvgIpc) is 3.24. The van der Waals surface area contributed by atoms with Gasteiger partial charge in [0.05, 0.1) is 6.04 Å². The molecule has 0 radical (unpaired) electrons. The van der Waals surface area contributed by atoms with Gasteiger partial charge in [0, 0.05) is 29.9 Å². The lowest BCUT2D eigenvalue weighted by Crippen LogP contribution is -2.43. The molecule has 140 valence electrons. The first-order chi connectivity index (χ1) is 11.6. The maximum absolute atomic E-state index is 4.35. The van der Waals surface area contributed by atoms with E-state index in [1.54, 1.807) is 11.3 Å². The summed E-state index contributed by atoms with van der Waals surface area (Å²) in [6, 6.07) is 8.97. The summed E-state index contributed by atoms with van der Waals surface area (Å²) in [5, 5.41) is 11.2. The molecule has 0 aliphatic rings. The number of hydrogen-bond acceptors (Lipinski definition) is 4. The summed E-state index contributed by atoms with van der Waals surface area (Å²) in [6.07, 6.45) is 1.11. The number of thiophene rings is 2. The standard InChI is InChI=1S/C18H28N4S2.HI/c1-14(11-15-7-5-9-23-15)12-20-18(19-2)21-13-16(22(3)4)17-8-6-10-24-17;/h5-10,14,16H,11-13H2,1-4H3,(H2,19,20,21);1H. The number of halogens is 1. The van der Waals surface area contributed by atoms with Crippen LogP contribution in [0.4, 0.5) is 0 Å². The van der Waals surface area contributed by atoms with Crippen molar-refractivity contribution >= 4 is 52.6 Å². The van der Waals surface area contributed by atoms with Crippen LogP contribution in [0.1, 0.15) is 22.7 Å². The summed E-state index contributed by atoms with van der Waals surface area (Å²) in [4.78, 5) is 9.40. The van der Waals surface area contributed by atoms with Crippen LogP contribution in [-0.4, -0.2) is 45.1 Å². The second kappa shape index (κ2) is 11.9. The van der Waals surface area contributed by atoms with Crippen molar-refractivity contribution in [3.8, 4) is 0 Å². The number of hydrogen-bond donors (Lipinski definition) is 2. The van der Waals surface area contributed by atoms with E-state index in [9.17, 15) is 0 Å². The maximum Gasteiger partial charge on any atom is 0.191 e. The lowest BCUT2D eigenvalue weighted by Gasteiger charge is -2.25. The van der Waals surface area contributed by atoms with E-state index in [2.05, 4.69) is 76.6 Å². The summed E-state index contributed by atoms with van der Waals surface area (Å²) < 4.78 is 0. The molecule has 0 saturated heterocycles. The van der Waals surface area contributed by atoms with Gasteiger partial charge in [0.2, 0.25) is 0 Å².